The van der Waals surface area contributed by atoms with Crippen molar-refractivity contribution in [3.63, 3.8) is 0 Å². The summed E-state index contributed by atoms with van der Waals surface area (Å²) < 4.78 is 6.37. The maximum Gasteiger partial charge on any atom is 0.251 e. The maximum atomic E-state index is 12.8. The average molecular weight is 441 g/mol. The van der Waals surface area contributed by atoms with Gasteiger partial charge in [-0.15, -0.1) is 0 Å². The molecule has 0 bridgehead atoms. The van der Waals surface area contributed by atoms with Crippen LogP contribution in [-0.4, -0.2) is 47.7 Å². The van der Waals surface area contributed by atoms with Crippen molar-refractivity contribution in [3.05, 3.63) is 63.7 Å². The number of nitrogens with zero attached hydrogens (tertiary/aromatic N) is 1. The van der Waals surface area contributed by atoms with Gasteiger partial charge in [-0.3, -0.25) is 14.4 Å². The second-order valence-corrected chi connectivity index (χ2v) is 8.85. The van der Waals surface area contributed by atoms with Gasteiger partial charge < -0.3 is 15.0 Å². The van der Waals surface area contributed by atoms with E-state index in [9.17, 15) is 14.4 Å². The van der Waals surface area contributed by atoms with Crippen LogP contribution in [0.2, 0.25) is 5.02 Å². The molecule has 0 atom stereocenters. The number of hydrogen-bond donors (Lipinski definition) is 1. The first kappa shape index (κ1) is 21.4. The minimum absolute atomic E-state index is 0.0739. The topological polar surface area (TPSA) is 75.7 Å². The molecule has 4 rings (SSSR count). The zero-order chi connectivity index (χ0) is 22.2. The predicted molar refractivity (Wildman–Crippen MR) is 118 cm³/mol. The van der Waals surface area contributed by atoms with E-state index in [1.807, 2.05) is 26.0 Å². The Kier molecular flexibility index (Phi) is 5.75. The summed E-state index contributed by atoms with van der Waals surface area (Å²) in [7, 11) is 0. The predicted octanol–water partition coefficient (Wildman–Crippen LogP) is 3.71. The number of carbonyl (C=O) groups excluding carboxylic acids is 3. The number of carbonyl (C=O) groups is 3. The number of Topliss-reactive ketones (excluding diaryl/α,β-unsaturated/α-hetero) is 1. The minimum Gasteiger partial charge on any atom is -0.486 e. The van der Waals surface area contributed by atoms with Crippen molar-refractivity contribution in [2.75, 3.05) is 19.6 Å². The summed E-state index contributed by atoms with van der Waals surface area (Å²) in [5.74, 6) is 0.313. The third-order valence-electron chi connectivity index (χ3n) is 6.05. The SMILES string of the molecule is Cc1cc(C)c2c(c1)C(=O)CC1(CCN(C(=O)CNC(=O)c3ccc(Cl)cc3)CC1)O2. The Hall–Kier alpha value is -2.86. The fraction of sp³-hybridized carbons (Fsp3) is 0.375. The zero-order valence-corrected chi connectivity index (χ0v) is 18.4. The van der Waals surface area contributed by atoms with Crippen molar-refractivity contribution >= 4 is 29.2 Å². The largest absolute Gasteiger partial charge is 0.486 e. The number of piperidine rings is 1. The lowest BCUT2D eigenvalue weighted by atomic mass is 9.81. The quantitative estimate of drug-likeness (QED) is 0.789. The van der Waals surface area contributed by atoms with Gasteiger partial charge in [0.1, 0.15) is 11.4 Å². The molecule has 162 valence electrons. The number of amides is 2. The molecule has 1 fully saturated rings. The summed E-state index contributed by atoms with van der Waals surface area (Å²) in [4.78, 5) is 39.3. The average Bonchev–Trinajstić information content (AvgIpc) is 2.74. The van der Waals surface area contributed by atoms with E-state index < -0.39 is 5.60 Å². The summed E-state index contributed by atoms with van der Waals surface area (Å²) >= 11 is 5.84. The highest BCUT2D eigenvalue weighted by atomic mass is 35.5. The second-order valence-electron chi connectivity index (χ2n) is 8.41. The van der Waals surface area contributed by atoms with Crippen LogP contribution < -0.4 is 10.1 Å². The van der Waals surface area contributed by atoms with Crippen molar-refractivity contribution in [2.24, 2.45) is 0 Å². The van der Waals surface area contributed by atoms with Crippen molar-refractivity contribution in [3.8, 4) is 5.75 Å². The van der Waals surface area contributed by atoms with Crippen LogP contribution in [0.5, 0.6) is 5.75 Å². The Morgan fingerprint density at radius 1 is 1.13 bits per heavy atom. The van der Waals surface area contributed by atoms with E-state index >= 15 is 0 Å². The molecular formula is C24H25ClN2O4. The molecule has 1 saturated heterocycles. The maximum absolute atomic E-state index is 12.8. The van der Waals surface area contributed by atoms with Crippen LogP contribution in [0.15, 0.2) is 36.4 Å². The number of rotatable bonds is 3. The zero-order valence-electron chi connectivity index (χ0n) is 17.7. The molecule has 2 aliphatic rings. The summed E-state index contributed by atoms with van der Waals surface area (Å²) in [6.07, 6.45) is 1.50. The number of hydrogen-bond acceptors (Lipinski definition) is 4. The normalized spacial score (nSPS) is 17.1. The molecule has 1 spiro atoms. The highest BCUT2D eigenvalue weighted by Gasteiger charge is 2.44. The number of halogens is 1. The first-order valence-corrected chi connectivity index (χ1v) is 10.8. The summed E-state index contributed by atoms with van der Waals surface area (Å²) in [5.41, 5.74) is 2.56. The van der Waals surface area contributed by atoms with Gasteiger partial charge in [-0.05, 0) is 55.3 Å². The summed E-state index contributed by atoms with van der Waals surface area (Å²) in [6, 6.07) is 10.4. The Morgan fingerprint density at radius 2 is 1.81 bits per heavy atom. The molecule has 0 aliphatic carbocycles. The standard InChI is InChI=1S/C24H25ClN2O4/c1-15-11-16(2)22-19(12-15)20(28)13-24(31-22)7-9-27(10-8-24)21(29)14-26-23(30)17-3-5-18(25)6-4-17/h3-6,11-12H,7-10,13-14H2,1-2H3,(H,26,30). The van der Waals surface area contributed by atoms with Gasteiger partial charge in [-0.2, -0.15) is 0 Å². The third kappa shape index (κ3) is 4.44. The monoisotopic (exact) mass is 440 g/mol. The van der Waals surface area contributed by atoms with Crippen LogP contribution in [-0.2, 0) is 4.79 Å². The van der Waals surface area contributed by atoms with Gasteiger partial charge in [0.25, 0.3) is 5.91 Å². The van der Waals surface area contributed by atoms with E-state index in [1.165, 1.54) is 0 Å². The molecule has 2 aromatic carbocycles. The molecule has 6 nitrogen and oxygen atoms in total. The Morgan fingerprint density at radius 3 is 2.48 bits per heavy atom. The van der Waals surface area contributed by atoms with Gasteiger partial charge >= 0.3 is 0 Å². The molecule has 2 aromatic rings. The van der Waals surface area contributed by atoms with Crippen LogP contribution >= 0.6 is 11.6 Å². The van der Waals surface area contributed by atoms with Gasteiger partial charge in [0.05, 0.1) is 18.5 Å². The fourth-order valence-electron chi connectivity index (χ4n) is 4.35. The van der Waals surface area contributed by atoms with Gasteiger partial charge in [0.2, 0.25) is 5.91 Å². The number of benzene rings is 2. The lowest BCUT2D eigenvalue weighted by Gasteiger charge is -2.44. The lowest BCUT2D eigenvalue weighted by molar-refractivity contribution is -0.133. The Bertz CT molecular complexity index is 1040. The smallest absolute Gasteiger partial charge is 0.251 e. The van der Waals surface area contributed by atoms with Gasteiger partial charge in [0.15, 0.2) is 5.78 Å². The number of aryl methyl sites for hydroxylation is 2. The first-order chi connectivity index (χ1) is 14.8. The van der Waals surface area contributed by atoms with Gasteiger partial charge in [0, 0.05) is 36.5 Å². The van der Waals surface area contributed by atoms with Crippen molar-refractivity contribution in [1.82, 2.24) is 10.2 Å². The van der Waals surface area contributed by atoms with Crippen LogP contribution in [0.25, 0.3) is 0 Å². The molecule has 31 heavy (non-hydrogen) atoms. The fourth-order valence-corrected chi connectivity index (χ4v) is 4.48. The highest BCUT2D eigenvalue weighted by molar-refractivity contribution is 6.30. The molecular weight excluding hydrogens is 416 g/mol. The number of nitrogens with one attached hydrogen (secondary N) is 1. The summed E-state index contributed by atoms with van der Waals surface area (Å²) in [5, 5.41) is 3.21. The van der Waals surface area contributed by atoms with Crippen LogP contribution in [0.1, 0.15) is 51.1 Å². The van der Waals surface area contributed by atoms with E-state index in [4.69, 9.17) is 16.3 Å². The third-order valence-corrected chi connectivity index (χ3v) is 6.31. The number of fused-ring (bicyclic) bond motifs is 1. The molecule has 2 amide bonds. The number of ketones is 1. The summed E-state index contributed by atoms with van der Waals surface area (Å²) in [6.45, 7) is 4.84. The van der Waals surface area contributed by atoms with Crippen molar-refractivity contribution in [1.29, 1.82) is 0 Å². The molecule has 0 aromatic heterocycles. The van der Waals surface area contributed by atoms with Crippen molar-refractivity contribution in [2.45, 2.75) is 38.7 Å². The second kappa shape index (κ2) is 8.35. The lowest BCUT2D eigenvalue weighted by Crippen LogP contribution is -2.53. The van der Waals surface area contributed by atoms with E-state index in [0.29, 0.717) is 54.3 Å². The van der Waals surface area contributed by atoms with E-state index in [2.05, 4.69) is 5.32 Å². The van der Waals surface area contributed by atoms with Gasteiger partial charge in [-0.1, -0.05) is 17.7 Å². The molecule has 2 aliphatic heterocycles. The Labute approximate surface area is 186 Å². The van der Waals surface area contributed by atoms with Crippen LogP contribution in [0.3, 0.4) is 0 Å². The number of likely N-dealkylation sites (tertiary alicyclic amines) is 1. The molecule has 1 N–H and O–H groups in total. The molecule has 2 heterocycles. The van der Waals surface area contributed by atoms with Crippen molar-refractivity contribution < 1.29 is 19.1 Å². The van der Waals surface area contributed by atoms with Gasteiger partial charge in [-0.25, -0.2) is 0 Å². The van der Waals surface area contributed by atoms with E-state index in [1.54, 1.807) is 29.2 Å². The Balaban J connectivity index is 1.35. The molecule has 0 unspecified atom stereocenters. The minimum atomic E-state index is -0.562. The number of ether oxygens (including phenoxy) is 1. The molecule has 7 heteroatoms. The van der Waals surface area contributed by atoms with E-state index in [-0.39, 0.29) is 24.1 Å². The van der Waals surface area contributed by atoms with Crippen LogP contribution in [0.4, 0.5) is 0 Å². The van der Waals surface area contributed by atoms with E-state index in [0.717, 1.165) is 11.1 Å². The molecule has 0 radical (unpaired) electrons. The molecule has 0 saturated carbocycles. The van der Waals surface area contributed by atoms with Crippen LogP contribution in [0, 0.1) is 13.8 Å². The highest BCUT2D eigenvalue weighted by Crippen LogP contribution is 2.41. The first-order valence-electron chi connectivity index (χ1n) is 10.4.